The van der Waals surface area contributed by atoms with E-state index >= 15 is 0 Å². The molecule has 0 spiro atoms. The predicted octanol–water partition coefficient (Wildman–Crippen LogP) is 4.29. The maximum atomic E-state index is 5.91. The van der Waals surface area contributed by atoms with Gasteiger partial charge in [-0.1, -0.05) is 33.6 Å². The Morgan fingerprint density at radius 1 is 1.25 bits per heavy atom. The van der Waals surface area contributed by atoms with Crippen molar-refractivity contribution in [2.75, 3.05) is 5.32 Å². The molecule has 0 amide bonds. The Bertz CT molecular complexity index is 519. The fourth-order valence-corrected chi connectivity index (χ4v) is 1.90. The van der Waals surface area contributed by atoms with E-state index in [1.54, 1.807) is 6.20 Å². The van der Waals surface area contributed by atoms with E-state index in [2.05, 4.69) is 31.2 Å². The number of halogens is 3. The molecular weight excluding hydrogens is 313 g/mol. The first kappa shape index (κ1) is 11.6. The van der Waals surface area contributed by atoms with Gasteiger partial charge in [-0.2, -0.15) is 0 Å². The van der Waals surface area contributed by atoms with Gasteiger partial charge in [-0.05, 0) is 29.8 Å². The van der Waals surface area contributed by atoms with Crippen LogP contribution in [0.15, 0.2) is 34.9 Å². The summed E-state index contributed by atoms with van der Waals surface area (Å²) in [6.07, 6.45) is 1.54. The van der Waals surface area contributed by atoms with Crippen LogP contribution in [0, 0.1) is 0 Å². The lowest BCUT2D eigenvalue weighted by molar-refractivity contribution is 1.17. The van der Waals surface area contributed by atoms with E-state index in [4.69, 9.17) is 23.2 Å². The Balaban J connectivity index is 2.27. The Morgan fingerprint density at radius 3 is 2.75 bits per heavy atom. The second kappa shape index (κ2) is 4.99. The highest BCUT2D eigenvalue weighted by Gasteiger charge is 2.04. The molecule has 1 aromatic heterocycles. The zero-order chi connectivity index (χ0) is 11.5. The van der Waals surface area contributed by atoms with E-state index in [1.165, 1.54) is 0 Å². The third-order valence-electron chi connectivity index (χ3n) is 1.82. The summed E-state index contributed by atoms with van der Waals surface area (Å²) in [6, 6.07) is 7.68. The van der Waals surface area contributed by atoms with Gasteiger partial charge in [0, 0.05) is 10.2 Å². The first-order valence-corrected chi connectivity index (χ1v) is 5.90. The second-order valence-electron chi connectivity index (χ2n) is 2.98. The molecule has 2 rings (SSSR count). The number of hydrogen-bond acceptors (Lipinski definition) is 3. The molecule has 0 aliphatic rings. The molecule has 0 atom stereocenters. The number of benzene rings is 1. The number of anilines is 2. The molecule has 0 saturated carbocycles. The molecule has 16 heavy (non-hydrogen) atoms. The molecule has 0 aliphatic heterocycles. The van der Waals surface area contributed by atoms with Crippen molar-refractivity contribution in [2.24, 2.45) is 0 Å². The van der Waals surface area contributed by atoms with Crippen LogP contribution >= 0.6 is 39.1 Å². The summed E-state index contributed by atoms with van der Waals surface area (Å²) >= 11 is 14.9. The molecule has 0 bridgehead atoms. The van der Waals surface area contributed by atoms with Gasteiger partial charge in [-0.25, -0.2) is 9.97 Å². The van der Waals surface area contributed by atoms with Crippen LogP contribution in [-0.4, -0.2) is 9.97 Å². The van der Waals surface area contributed by atoms with Crippen molar-refractivity contribution in [2.45, 2.75) is 0 Å². The average Bonchev–Trinajstić information content (AvgIpc) is 2.22. The van der Waals surface area contributed by atoms with E-state index in [0.717, 1.165) is 10.2 Å². The maximum absolute atomic E-state index is 5.91. The topological polar surface area (TPSA) is 37.8 Å². The monoisotopic (exact) mass is 317 g/mol. The highest BCUT2D eigenvalue weighted by molar-refractivity contribution is 9.10. The van der Waals surface area contributed by atoms with Gasteiger partial charge >= 0.3 is 0 Å². The quantitative estimate of drug-likeness (QED) is 0.663. The Labute approximate surface area is 111 Å². The fraction of sp³-hybridized carbons (Fsp3) is 0. The molecule has 0 unspecified atom stereocenters. The van der Waals surface area contributed by atoms with Crippen molar-refractivity contribution in [1.29, 1.82) is 0 Å². The van der Waals surface area contributed by atoms with Crippen molar-refractivity contribution >= 4 is 50.5 Å². The summed E-state index contributed by atoms with van der Waals surface area (Å²) in [5.74, 6) is 0. The van der Waals surface area contributed by atoms with Crippen molar-refractivity contribution in [3.63, 3.8) is 0 Å². The SMILES string of the molecule is Clc1ncc(Nc2cccc(Br)c2)c(Cl)n1. The standard InChI is InChI=1S/C10H6BrCl2N3/c11-6-2-1-3-7(4-6)15-8-5-14-10(13)16-9(8)12/h1-5,15H. The van der Waals surface area contributed by atoms with Gasteiger partial charge < -0.3 is 5.32 Å². The smallest absolute Gasteiger partial charge is 0.223 e. The lowest BCUT2D eigenvalue weighted by Gasteiger charge is -2.07. The zero-order valence-electron chi connectivity index (χ0n) is 7.92. The van der Waals surface area contributed by atoms with Crippen molar-refractivity contribution in [1.82, 2.24) is 9.97 Å². The molecule has 0 fully saturated rings. The number of aromatic nitrogens is 2. The molecule has 0 radical (unpaired) electrons. The van der Waals surface area contributed by atoms with E-state index < -0.39 is 0 Å². The third-order valence-corrected chi connectivity index (χ3v) is 2.78. The largest absolute Gasteiger partial charge is 0.352 e. The molecule has 2 aromatic rings. The molecule has 0 saturated heterocycles. The molecule has 1 N–H and O–H groups in total. The Hall–Kier alpha value is -0.840. The van der Waals surface area contributed by atoms with Crippen LogP contribution in [0.1, 0.15) is 0 Å². The van der Waals surface area contributed by atoms with Crippen molar-refractivity contribution < 1.29 is 0 Å². The van der Waals surface area contributed by atoms with Crippen LogP contribution in [0.3, 0.4) is 0 Å². The summed E-state index contributed by atoms with van der Waals surface area (Å²) < 4.78 is 0.975. The molecule has 3 nitrogen and oxygen atoms in total. The maximum Gasteiger partial charge on any atom is 0.223 e. The number of nitrogens with zero attached hydrogens (tertiary/aromatic N) is 2. The van der Waals surface area contributed by atoms with Crippen LogP contribution in [-0.2, 0) is 0 Å². The summed E-state index contributed by atoms with van der Waals surface area (Å²) in [5.41, 5.74) is 1.51. The van der Waals surface area contributed by atoms with Crippen LogP contribution < -0.4 is 5.32 Å². The van der Waals surface area contributed by atoms with Gasteiger partial charge in [-0.3, -0.25) is 0 Å². The van der Waals surface area contributed by atoms with Gasteiger partial charge in [-0.15, -0.1) is 0 Å². The first-order valence-electron chi connectivity index (χ1n) is 4.36. The summed E-state index contributed by atoms with van der Waals surface area (Å²) in [5, 5.41) is 3.52. The minimum atomic E-state index is 0.129. The van der Waals surface area contributed by atoms with Crippen LogP contribution in [0.25, 0.3) is 0 Å². The van der Waals surface area contributed by atoms with Crippen LogP contribution in [0.2, 0.25) is 10.4 Å². The highest BCUT2D eigenvalue weighted by Crippen LogP contribution is 2.25. The number of nitrogens with one attached hydrogen (secondary N) is 1. The van der Waals surface area contributed by atoms with E-state index in [1.807, 2.05) is 24.3 Å². The second-order valence-corrected chi connectivity index (χ2v) is 4.59. The minimum absolute atomic E-state index is 0.129. The van der Waals surface area contributed by atoms with Gasteiger partial charge in [0.05, 0.1) is 11.9 Å². The summed E-state index contributed by atoms with van der Waals surface area (Å²) in [4.78, 5) is 7.69. The van der Waals surface area contributed by atoms with Gasteiger partial charge in [0.2, 0.25) is 5.28 Å². The Kier molecular flexibility index (Phi) is 3.63. The summed E-state index contributed by atoms with van der Waals surface area (Å²) in [7, 11) is 0. The molecule has 0 aliphatic carbocycles. The molecular formula is C10H6BrCl2N3. The number of hydrogen-bond donors (Lipinski definition) is 1. The van der Waals surface area contributed by atoms with Gasteiger partial charge in [0.25, 0.3) is 0 Å². The normalized spacial score (nSPS) is 10.2. The van der Waals surface area contributed by atoms with Crippen molar-refractivity contribution in [3.05, 3.63) is 45.4 Å². The van der Waals surface area contributed by atoms with E-state index in [9.17, 15) is 0 Å². The highest BCUT2D eigenvalue weighted by atomic mass is 79.9. The van der Waals surface area contributed by atoms with Crippen molar-refractivity contribution in [3.8, 4) is 0 Å². The molecule has 6 heteroatoms. The lowest BCUT2D eigenvalue weighted by Crippen LogP contribution is -1.94. The molecule has 1 aromatic carbocycles. The minimum Gasteiger partial charge on any atom is -0.352 e. The lowest BCUT2D eigenvalue weighted by atomic mass is 10.3. The zero-order valence-corrected chi connectivity index (χ0v) is 11.0. The van der Waals surface area contributed by atoms with Gasteiger partial charge in [0.15, 0.2) is 5.15 Å². The molecule has 82 valence electrons. The molecule has 1 heterocycles. The third kappa shape index (κ3) is 2.84. The van der Waals surface area contributed by atoms with Crippen LogP contribution in [0.5, 0.6) is 0 Å². The van der Waals surface area contributed by atoms with Gasteiger partial charge in [0.1, 0.15) is 0 Å². The fourth-order valence-electron chi connectivity index (χ4n) is 1.15. The van der Waals surface area contributed by atoms with E-state index in [0.29, 0.717) is 10.8 Å². The average molecular weight is 319 g/mol. The number of rotatable bonds is 2. The van der Waals surface area contributed by atoms with Crippen LogP contribution in [0.4, 0.5) is 11.4 Å². The van der Waals surface area contributed by atoms with E-state index in [-0.39, 0.29) is 5.28 Å². The predicted molar refractivity (Wildman–Crippen MR) is 69.5 cm³/mol. The summed E-state index contributed by atoms with van der Waals surface area (Å²) in [6.45, 7) is 0. The Morgan fingerprint density at radius 2 is 2.06 bits per heavy atom. The first-order chi connectivity index (χ1) is 7.65.